The molecule has 32 heavy (non-hydrogen) atoms. The van der Waals surface area contributed by atoms with Gasteiger partial charge in [-0.2, -0.15) is 4.98 Å². The number of benzene rings is 2. The molecule has 0 spiro atoms. The van der Waals surface area contributed by atoms with E-state index in [9.17, 15) is 4.79 Å². The van der Waals surface area contributed by atoms with Crippen molar-refractivity contribution in [1.29, 1.82) is 0 Å². The summed E-state index contributed by atoms with van der Waals surface area (Å²) in [6.45, 7) is 7.93. The Labute approximate surface area is 187 Å². The van der Waals surface area contributed by atoms with Crippen molar-refractivity contribution in [3.05, 3.63) is 78.1 Å². The average molecular weight is 427 g/mol. The third kappa shape index (κ3) is 4.83. The van der Waals surface area contributed by atoms with Crippen molar-refractivity contribution in [2.45, 2.75) is 20.8 Å². The van der Waals surface area contributed by atoms with Crippen LogP contribution in [0.5, 0.6) is 0 Å². The summed E-state index contributed by atoms with van der Waals surface area (Å²) in [7, 11) is 0. The first-order valence-electron chi connectivity index (χ1n) is 10.7. The molecule has 2 N–H and O–H groups in total. The minimum Gasteiger partial charge on any atom is -0.357 e. The molecule has 0 atom stereocenters. The van der Waals surface area contributed by atoms with Gasteiger partial charge in [0.1, 0.15) is 11.5 Å². The molecule has 0 saturated carbocycles. The number of aromatic nitrogens is 3. The van der Waals surface area contributed by atoms with Gasteiger partial charge in [0.25, 0.3) is 5.91 Å². The number of carbonyl (C=O) groups is 1. The van der Waals surface area contributed by atoms with E-state index in [1.54, 1.807) is 6.07 Å². The van der Waals surface area contributed by atoms with Crippen molar-refractivity contribution in [2.75, 3.05) is 28.6 Å². The van der Waals surface area contributed by atoms with E-state index in [4.69, 9.17) is 0 Å². The van der Waals surface area contributed by atoms with Gasteiger partial charge in [0.05, 0.1) is 5.52 Å². The molecule has 0 aliphatic carbocycles. The van der Waals surface area contributed by atoms with E-state index in [0.29, 0.717) is 17.3 Å². The molecular formula is C25H26N6O. The quantitative estimate of drug-likeness (QED) is 0.424. The number of nitrogens with zero attached hydrogens (tertiary/aromatic N) is 4. The number of nitrogens with one attached hydrogen (secondary N) is 2. The van der Waals surface area contributed by atoms with Crippen molar-refractivity contribution >= 4 is 40.0 Å². The van der Waals surface area contributed by atoms with E-state index in [1.807, 2.05) is 67.6 Å². The molecule has 2 aromatic heterocycles. The van der Waals surface area contributed by atoms with E-state index in [1.165, 1.54) is 0 Å². The molecule has 0 aliphatic rings. The van der Waals surface area contributed by atoms with Crippen LogP contribution in [0.3, 0.4) is 0 Å². The van der Waals surface area contributed by atoms with E-state index >= 15 is 0 Å². The molecule has 2 aromatic carbocycles. The summed E-state index contributed by atoms with van der Waals surface area (Å²) in [4.78, 5) is 28.4. The Hall–Kier alpha value is -4.00. The fourth-order valence-electron chi connectivity index (χ4n) is 3.47. The van der Waals surface area contributed by atoms with Crippen molar-refractivity contribution in [3.8, 4) is 0 Å². The highest BCUT2D eigenvalue weighted by Gasteiger charge is 2.10. The molecule has 0 aliphatic heterocycles. The molecule has 1 amide bonds. The smallest absolute Gasteiger partial charge is 0.274 e. The Bertz CT molecular complexity index is 1230. The van der Waals surface area contributed by atoms with Gasteiger partial charge in [0.15, 0.2) is 0 Å². The fourth-order valence-corrected chi connectivity index (χ4v) is 3.47. The van der Waals surface area contributed by atoms with Crippen LogP contribution in [0.1, 0.15) is 30.0 Å². The summed E-state index contributed by atoms with van der Waals surface area (Å²) in [6, 6.07) is 20.8. The van der Waals surface area contributed by atoms with E-state index in [2.05, 4.69) is 44.3 Å². The number of pyridine rings is 1. The zero-order valence-corrected chi connectivity index (χ0v) is 18.5. The molecule has 0 bridgehead atoms. The van der Waals surface area contributed by atoms with Gasteiger partial charge >= 0.3 is 0 Å². The van der Waals surface area contributed by atoms with Crippen LogP contribution in [0, 0.1) is 6.92 Å². The first-order chi connectivity index (χ1) is 15.6. The Morgan fingerprint density at radius 3 is 2.34 bits per heavy atom. The van der Waals surface area contributed by atoms with Crippen LogP contribution in [0.2, 0.25) is 0 Å². The van der Waals surface area contributed by atoms with Gasteiger partial charge in [-0.05, 0) is 57.2 Å². The number of fused-ring (bicyclic) bond motifs is 1. The number of carbonyl (C=O) groups excluding carboxylic acids is 1. The maximum absolute atomic E-state index is 12.6. The highest BCUT2D eigenvalue weighted by molar-refractivity contribution is 6.04. The zero-order chi connectivity index (χ0) is 22.5. The minimum absolute atomic E-state index is 0.248. The van der Waals surface area contributed by atoms with Gasteiger partial charge < -0.3 is 15.5 Å². The average Bonchev–Trinajstić information content (AvgIpc) is 2.80. The molecule has 0 radical (unpaired) electrons. The lowest BCUT2D eigenvalue weighted by molar-refractivity contribution is 0.102. The van der Waals surface area contributed by atoms with Crippen LogP contribution >= 0.6 is 0 Å². The highest BCUT2D eigenvalue weighted by Crippen LogP contribution is 2.20. The summed E-state index contributed by atoms with van der Waals surface area (Å²) in [6.07, 6.45) is 0. The number of amides is 1. The Morgan fingerprint density at radius 2 is 1.59 bits per heavy atom. The fraction of sp³-hybridized carbons (Fsp3) is 0.200. The third-order valence-electron chi connectivity index (χ3n) is 5.16. The second-order valence-electron chi connectivity index (χ2n) is 7.41. The maximum atomic E-state index is 12.6. The molecule has 4 rings (SSSR count). The highest BCUT2D eigenvalue weighted by atomic mass is 16.1. The summed E-state index contributed by atoms with van der Waals surface area (Å²) in [5, 5.41) is 7.14. The molecule has 0 saturated heterocycles. The number of hydrogen-bond donors (Lipinski definition) is 2. The number of rotatable bonds is 7. The van der Waals surface area contributed by atoms with Crippen LogP contribution in [0.25, 0.3) is 10.9 Å². The number of anilines is 4. The second kappa shape index (κ2) is 9.43. The molecule has 0 unspecified atom stereocenters. The van der Waals surface area contributed by atoms with E-state index in [0.717, 1.165) is 41.2 Å². The molecule has 0 fully saturated rings. The SMILES string of the molecule is CCN(CC)c1cc(C)nc(Nc2ccc(NC(=O)c3ccc4ccccc4n3)cc2)n1. The standard InChI is InChI=1S/C25H26N6O/c1-4-31(5-2)23-16-17(3)26-25(30-23)28-20-13-11-19(12-14-20)27-24(32)22-15-10-18-8-6-7-9-21(18)29-22/h6-16H,4-5H2,1-3H3,(H,27,32)(H,26,28,30). The van der Waals surface area contributed by atoms with Crippen LogP contribution in [-0.4, -0.2) is 33.9 Å². The normalized spacial score (nSPS) is 10.7. The van der Waals surface area contributed by atoms with Gasteiger partial charge in [0, 0.05) is 41.6 Å². The first-order valence-corrected chi connectivity index (χ1v) is 10.7. The van der Waals surface area contributed by atoms with E-state index < -0.39 is 0 Å². The van der Waals surface area contributed by atoms with Crippen molar-refractivity contribution in [3.63, 3.8) is 0 Å². The molecule has 7 nitrogen and oxygen atoms in total. The van der Waals surface area contributed by atoms with Gasteiger partial charge in [-0.1, -0.05) is 24.3 Å². The summed E-state index contributed by atoms with van der Waals surface area (Å²) in [5.74, 6) is 1.20. The number of para-hydroxylation sites is 1. The lowest BCUT2D eigenvalue weighted by atomic mass is 10.2. The van der Waals surface area contributed by atoms with Gasteiger partial charge in [-0.25, -0.2) is 9.97 Å². The largest absolute Gasteiger partial charge is 0.357 e. The monoisotopic (exact) mass is 426 g/mol. The summed E-state index contributed by atoms with van der Waals surface area (Å²) >= 11 is 0. The zero-order valence-electron chi connectivity index (χ0n) is 18.5. The predicted molar refractivity (Wildman–Crippen MR) is 130 cm³/mol. The predicted octanol–water partition coefficient (Wildman–Crippen LogP) is 5.18. The van der Waals surface area contributed by atoms with Crippen LogP contribution in [-0.2, 0) is 0 Å². The van der Waals surface area contributed by atoms with Gasteiger partial charge in [-0.3, -0.25) is 4.79 Å². The topological polar surface area (TPSA) is 83.0 Å². The molecule has 162 valence electrons. The summed E-state index contributed by atoms with van der Waals surface area (Å²) in [5.41, 5.74) is 3.59. The van der Waals surface area contributed by atoms with Crippen LogP contribution in [0.4, 0.5) is 23.1 Å². The van der Waals surface area contributed by atoms with Crippen molar-refractivity contribution in [1.82, 2.24) is 15.0 Å². The Kier molecular flexibility index (Phi) is 6.26. The molecule has 4 aromatic rings. The second-order valence-corrected chi connectivity index (χ2v) is 7.41. The van der Waals surface area contributed by atoms with Crippen molar-refractivity contribution < 1.29 is 4.79 Å². The first kappa shape index (κ1) is 21.2. The van der Waals surface area contributed by atoms with Gasteiger partial charge in [-0.15, -0.1) is 0 Å². The third-order valence-corrected chi connectivity index (χ3v) is 5.16. The molecule has 7 heteroatoms. The maximum Gasteiger partial charge on any atom is 0.274 e. The lowest BCUT2D eigenvalue weighted by Crippen LogP contribution is -2.23. The Balaban J connectivity index is 1.45. The van der Waals surface area contributed by atoms with Crippen LogP contribution < -0.4 is 15.5 Å². The minimum atomic E-state index is -0.248. The summed E-state index contributed by atoms with van der Waals surface area (Å²) < 4.78 is 0. The van der Waals surface area contributed by atoms with Crippen molar-refractivity contribution in [2.24, 2.45) is 0 Å². The number of aryl methyl sites for hydroxylation is 1. The van der Waals surface area contributed by atoms with Crippen LogP contribution in [0.15, 0.2) is 66.7 Å². The number of hydrogen-bond acceptors (Lipinski definition) is 6. The molecule has 2 heterocycles. The van der Waals surface area contributed by atoms with Gasteiger partial charge in [0.2, 0.25) is 5.95 Å². The molecular weight excluding hydrogens is 400 g/mol. The Morgan fingerprint density at radius 1 is 0.875 bits per heavy atom. The lowest BCUT2D eigenvalue weighted by Gasteiger charge is -2.20. The van der Waals surface area contributed by atoms with E-state index in [-0.39, 0.29) is 5.91 Å².